The Morgan fingerprint density at radius 3 is 1.03 bits per heavy atom. The summed E-state index contributed by atoms with van der Waals surface area (Å²) in [4.78, 5) is 11.5. The Labute approximate surface area is 238 Å². The van der Waals surface area contributed by atoms with Gasteiger partial charge in [0.15, 0.2) is 0 Å². The van der Waals surface area contributed by atoms with Crippen LogP contribution >= 0.6 is 0 Å². The summed E-state index contributed by atoms with van der Waals surface area (Å²) in [5.41, 5.74) is 0. The van der Waals surface area contributed by atoms with Crippen molar-refractivity contribution in [2.24, 2.45) is 0 Å². The van der Waals surface area contributed by atoms with Crippen LogP contribution in [0.3, 0.4) is 0 Å². The van der Waals surface area contributed by atoms with Gasteiger partial charge in [0.25, 0.3) is 0 Å². The Morgan fingerprint density at radius 1 is 0.500 bits per heavy atom. The smallest absolute Gasteiger partial charge is 0.633 e. The molecule has 0 heterocycles. The molecule has 0 fully saturated rings. The van der Waals surface area contributed by atoms with Gasteiger partial charge in [-0.15, -0.1) is 0 Å². The first-order valence-corrected chi connectivity index (χ1v) is 24.5. The molecule has 0 unspecified atom stereocenters. The van der Waals surface area contributed by atoms with E-state index in [2.05, 4.69) is 0 Å². The van der Waals surface area contributed by atoms with Gasteiger partial charge in [-0.25, -0.2) is 0 Å². The number of rotatable bonds is 16. The summed E-state index contributed by atoms with van der Waals surface area (Å²) in [6.45, 7) is 28.8. The molecule has 34 heavy (non-hydrogen) atoms. The van der Waals surface area contributed by atoms with E-state index in [4.69, 9.17) is 31.6 Å². The molecule has 200 valence electrons. The summed E-state index contributed by atoms with van der Waals surface area (Å²) in [5.74, 6) is 0. The molecular formula is C19H50AlNaO9Si4. The average molecular weight is 585 g/mol. The van der Waals surface area contributed by atoms with Crippen molar-refractivity contribution in [2.45, 2.75) is 126 Å². The summed E-state index contributed by atoms with van der Waals surface area (Å²) < 4.78 is 50.2. The molecule has 0 saturated carbocycles. The quantitative estimate of drug-likeness (QED) is 0.273. The Bertz CT molecular complexity index is 517. The van der Waals surface area contributed by atoms with E-state index in [-0.39, 0.29) is 54.0 Å². The molecule has 0 aromatic rings. The molecule has 0 rings (SSSR count). The Hall–Kier alpha value is 2.04. The Balaban J connectivity index is 0. The molecule has 0 aliphatic carbocycles. The third-order valence-electron chi connectivity index (χ3n) is 3.32. The van der Waals surface area contributed by atoms with Crippen molar-refractivity contribution in [3.63, 3.8) is 0 Å². The second-order valence-corrected chi connectivity index (χ2v) is 28.4. The normalized spacial score (nSPS) is 14.5. The van der Waals surface area contributed by atoms with Crippen molar-refractivity contribution >= 4 is 48.9 Å². The maximum atomic E-state index is 11.5. The Kier molecular flexibility index (Phi) is 16.8. The van der Waals surface area contributed by atoms with Crippen LogP contribution in [-0.2, 0) is 31.6 Å². The third kappa shape index (κ3) is 17.5. The molecule has 0 spiro atoms. The average Bonchev–Trinajstić information content (AvgIpc) is 2.36. The molecule has 0 aliphatic heterocycles. The molecule has 0 atom stereocenters. The SMILES string of the molecule is CC(C)O[Si](C)(OC(C)C)[O][Al-]([O][Si](C)(C)C)([O][Si](C)(C)C)[O][Si](O)(OC(C)C)OC(C)C.[Na+]. The van der Waals surface area contributed by atoms with Gasteiger partial charge in [-0.1, -0.05) is 0 Å². The molecule has 0 saturated heterocycles. The van der Waals surface area contributed by atoms with Gasteiger partial charge in [-0.2, -0.15) is 0 Å². The monoisotopic (exact) mass is 584 g/mol. The second-order valence-electron chi connectivity index (χ2n) is 11.3. The Morgan fingerprint density at radius 2 is 0.794 bits per heavy atom. The number of hydrogen-bond donors (Lipinski definition) is 1. The molecule has 1 N–H and O–H groups in total. The standard InChI is InChI=1S/C7H17O3Si.C6H15O4Si.2C3H9OSi.Al.Na/c1-6(2)9-11(5,8)10-7(3)4;1-5(2)9-11(7,8)10-6(3)4;2*1-5(2,3)4;;/h6-7H,1-5H3;5-7H,1-4H3;2*1-3H3;;/q4*-1;+3;+1. The van der Waals surface area contributed by atoms with Crippen LogP contribution in [0.5, 0.6) is 0 Å². The minimum Gasteiger partial charge on any atom is -0.633 e. The fourth-order valence-electron chi connectivity index (χ4n) is 3.07. The van der Waals surface area contributed by atoms with Crippen LogP contribution in [0.15, 0.2) is 0 Å². The van der Waals surface area contributed by atoms with E-state index in [1.165, 1.54) is 0 Å². The minimum absolute atomic E-state index is 0. The maximum Gasteiger partial charge on any atom is 1.00 e. The van der Waals surface area contributed by atoms with Crippen molar-refractivity contribution in [3.05, 3.63) is 0 Å². The van der Waals surface area contributed by atoms with E-state index >= 15 is 0 Å². The molecule has 0 aliphatic rings. The van der Waals surface area contributed by atoms with Gasteiger partial charge in [-0.05, 0) is 94.7 Å². The van der Waals surface area contributed by atoms with Gasteiger partial charge < -0.3 is 36.4 Å². The van der Waals surface area contributed by atoms with Crippen molar-refractivity contribution in [3.8, 4) is 0 Å². The molecule has 0 aromatic carbocycles. The van der Waals surface area contributed by atoms with E-state index in [0.717, 1.165) is 0 Å². The summed E-state index contributed by atoms with van der Waals surface area (Å²) in [6, 6.07) is 0. The van der Waals surface area contributed by atoms with Crippen molar-refractivity contribution < 1.29 is 66.0 Å². The molecule has 0 amide bonds. The summed E-state index contributed by atoms with van der Waals surface area (Å²) >= 11 is -4.51. The summed E-state index contributed by atoms with van der Waals surface area (Å²) in [6.07, 6.45) is -1.02. The molecule has 0 radical (unpaired) electrons. The summed E-state index contributed by atoms with van der Waals surface area (Å²) in [7, 11) is -12.2. The van der Waals surface area contributed by atoms with E-state index in [9.17, 15) is 4.80 Å². The van der Waals surface area contributed by atoms with Gasteiger partial charge in [0.05, 0.1) is 0 Å². The van der Waals surface area contributed by atoms with E-state index in [0.29, 0.717) is 0 Å². The minimum atomic E-state index is -4.51. The van der Waals surface area contributed by atoms with Crippen molar-refractivity contribution in [2.75, 3.05) is 0 Å². The first-order chi connectivity index (χ1) is 14.5. The predicted molar refractivity (Wildman–Crippen MR) is 141 cm³/mol. The fraction of sp³-hybridized carbons (Fsp3) is 1.00. The van der Waals surface area contributed by atoms with Gasteiger partial charge in [-0.3, -0.25) is 0 Å². The van der Waals surface area contributed by atoms with Gasteiger partial charge in [0.1, 0.15) is 16.6 Å². The molecule has 0 bridgehead atoms. The van der Waals surface area contributed by atoms with E-state index in [1.807, 2.05) is 67.0 Å². The maximum absolute atomic E-state index is 11.5. The molecule has 9 nitrogen and oxygen atoms in total. The van der Waals surface area contributed by atoms with Gasteiger partial charge in [0.2, 0.25) is 0 Å². The van der Waals surface area contributed by atoms with Crippen LogP contribution in [0.1, 0.15) is 55.4 Å². The van der Waals surface area contributed by atoms with Crippen LogP contribution in [0.2, 0.25) is 45.8 Å². The second kappa shape index (κ2) is 15.0. The van der Waals surface area contributed by atoms with E-state index in [1.54, 1.807) is 34.2 Å². The van der Waals surface area contributed by atoms with E-state index < -0.39 is 48.9 Å². The van der Waals surface area contributed by atoms with Crippen LogP contribution < -0.4 is 29.6 Å². The topological polar surface area (TPSA) is 94.1 Å². The van der Waals surface area contributed by atoms with Crippen LogP contribution in [-0.4, -0.2) is 78.1 Å². The molecule has 15 heteroatoms. The zero-order chi connectivity index (χ0) is 26.5. The van der Waals surface area contributed by atoms with Crippen LogP contribution in [0.4, 0.5) is 0 Å². The van der Waals surface area contributed by atoms with Crippen molar-refractivity contribution in [1.82, 2.24) is 0 Å². The number of hydrogen-bond acceptors (Lipinski definition) is 9. The molecular weight excluding hydrogens is 535 g/mol. The fourth-order valence-corrected chi connectivity index (χ4v) is 21.2. The zero-order valence-corrected chi connectivity index (χ0v) is 31.8. The third-order valence-corrected chi connectivity index (χ3v) is 19.8. The molecule has 0 aromatic heterocycles. The summed E-state index contributed by atoms with van der Waals surface area (Å²) in [5, 5.41) is 0. The first-order valence-electron chi connectivity index (χ1n) is 11.9. The van der Waals surface area contributed by atoms with Gasteiger partial charge in [0, 0.05) is 31.0 Å². The predicted octanol–water partition coefficient (Wildman–Crippen LogP) is 1.86. The van der Waals surface area contributed by atoms with Gasteiger partial charge >= 0.3 is 61.8 Å². The zero-order valence-electron chi connectivity index (χ0n) is 24.6. The van der Waals surface area contributed by atoms with Crippen molar-refractivity contribution in [1.29, 1.82) is 0 Å². The first kappa shape index (κ1) is 38.2. The van der Waals surface area contributed by atoms with Crippen LogP contribution in [0.25, 0.3) is 0 Å². The van der Waals surface area contributed by atoms with Crippen LogP contribution in [0, 0.1) is 0 Å². The largest absolute Gasteiger partial charge is 1.00 e.